The van der Waals surface area contributed by atoms with E-state index in [0.717, 1.165) is 34.4 Å². The van der Waals surface area contributed by atoms with Gasteiger partial charge in [0.15, 0.2) is 0 Å². The highest BCUT2D eigenvalue weighted by Gasteiger charge is 2.19. The van der Waals surface area contributed by atoms with Crippen LogP contribution in [0.25, 0.3) is 0 Å². The molecule has 0 fully saturated rings. The summed E-state index contributed by atoms with van der Waals surface area (Å²) in [7, 11) is -0.744. The molecule has 0 aliphatic carbocycles. The lowest BCUT2D eigenvalue weighted by Crippen LogP contribution is -2.17. The van der Waals surface area contributed by atoms with Gasteiger partial charge in [-0.05, 0) is 37.1 Å². The van der Waals surface area contributed by atoms with Crippen molar-refractivity contribution in [3.63, 3.8) is 0 Å². The molecule has 0 saturated heterocycles. The fourth-order valence-electron chi connectivity index (χ4n) is 1.79. The van der Waals surface area contributed by atoms with E-state index in [2.05, 4.69) is 33.4 Å². The summed E-state index contributed by atoms with van der Waals surface area (Å²) in [5.74, 6) is 0.792. The molecule has 1 aliphatic heterocycles. The molecule has 1 aliphatic rings. The SMILES string of the molecule is CC1c2cc(Br)ccc2NCCCS1=O. The van der Waals surface area contributed by atoms with Gasteiger partial charge >= 0.3 is 0 Å². The molecule has 1 N–H and O–H groups in total. The monoisotopic (exact) mass is 287 g/mol. The first-order valence-corrected chi connectivity index (χ1v) is 7.26. The molecule has 15 heavy (non-hydrogen) atoms. The number of anilines is 1. The zero-order chi connectivity index (χ0) is 10.8. The minimum Gasteiger partial charge on any atom is -0.385 e. The second kappa shape index (κ2) is 4.66. The molecule has 1 heterocycles. The highest BCUT2D eigenvalue weighted by atomic mass is 79.9. The first-order valence-electron chi connectivity index (χ1n) is 5.09. The second-order valence-corrected chi connectivity index (χ2v) is 6.53. The van der Waals surface area contributed by atoms with Crippen molar-refractivity contribution in [2.45, 2.75) is 18.6 Å². The molecule has 0 saturated carbocycles. The second-order valence-electron chi connectivity index (χ2n) is 3.74. The van der Waals surface area contributed by atoms with Gasteiger partial charge in [-0.15, -0.1) is 0 Å². The maximum atomic E-state index is 11.9. The van der Waals surface area contributed by atoms with Crippen LogP contribution in [-0.2, 0) is 10.8 Å². The van der Waals surface area contributed by atoms with Crippen molar-refractivity contribution in [3.05, 3.63) is 28.2 Å². The standard InChI is InChI=1S/C11H14BrNOS/c1-8-10-7-9(12)3-4-11(10)13-5-2-6-15(8)14/h3-4,7-8,13H,2,5-6H2,1H3. The molecule has 2 atom stereocenters. The van der Waals surface area contributed by atoms with E-state index in [1.54, 1.807) is 0 Å². The van der Waals surface area contributed by atoms with Gasteiger partial charge in [-0.3, -0.25) is 4.21 Å². The van der Waals surface area contributed by atoms with Crippen LogP contribution in [0.2, 0.25) is 0 Å². The zero-order valence-corrected chi connectivity index (χ0v) is 11.0. The lowest BCUT2D eigenvalue weighted by Gasteiger charge is -2.21. The molecule has 82 valence electrons. The van der Waals surface area contributed by atoms with Crippen molar-refractivity contribution in [3.8, 4) is 0 Å². The summed E-state index contributed by atoms with van der Waals surface area (Å²) < 4.78 is 13.0. The van der Waals surface area contributed by atoms with Gasteiger partial charge in [0.1, 0.15) is 0 Å². The maximum Gasteiger partial charge on any atom is 0.0589 e. The van der Waals surface area contributed by atoms with Gasteiger partial charge in [-0.2, -0.15) is 0 Å². The minimum absolute atomic E-state index is 0.116. The Balaban J connectivity index is 2.44. The normalized spacial score (nSPS) is 26.0. The van der Waals surface area contributed by atoms with E-state index in [9.17, 15) is 4.21 Å². The van der Waals surface area contributed by atoms with Crippen molar-refractivity contribution in [2.75, 3.05) is 17.6 Å². The molecular weight excluding hydrogens is 274 g/mol. The Kier molecular flexibility index (Phi) is 3.46. The molecule has 1 aromatic rings. The van der Waals surface area contributed by atoms with E-state index >= 15 is 0 Å². The van der Waals surface area contributed by atoms with Gasteiger partial charge in [0, 0.05) is 33.3 Å². The fourth-order valence-corrected chi connectivity index (χ4v) is 3.43. The maximum absolute atomic E-state index is 11.9. The Morgan fingerprint density at radius 2 is 2.33 bits per heavy atom. The van der Waals surface area contributed by atoms with E-state index in [4.69, 9.17) is 0 Å². The summed E-state index contributed by atoms with van der Waals surface area (Å²) in [6.45, 7) is 2.95. The smallest absolute Gasteiger partial charge is 0.0589 e. The third-order valence-electron chi connectivity index (χ3n) is 2.68. The Morgan fingerprint density at radius 1 is 1.53 bits per heavy atom. The summed E-state index contributed by atoms with van der Waals surface area (Å²) in [5, 5.41) is 3.50. The Labute approximate surface area is 101 Å². The number of halogens is 1. The molecule has 0 bridgehead atoms. The van der Waals surface area contributed by atoms with Crippen LogP contribution >= 0.6 is 15.9 Å². The molecule has 0 aromatic heterocycles. The highest BCUT2D eigenvalue weighted by molar-refractivity contribution is 9.10. The highest BCUT2D eigenvalue weighted by Crippen LogP contribution is 2.31. The van der Waals surface area contributed by atoms with Crippen molar-refractivity contribution < 1.29 is 4.21 Å². The van der Waals surface area contributed by atoms with E-state index in [1.807, 2.05) is 13.0 Å². The molecule has 0 spiro atoms. The topological polar surface area (TPSA) is 29.1 Å². The Morgan fingerprint density at radius 3 is 3.13 bits per heavy atom. The Bertz CT molecular complexity index is 394. The Hall–Kier alpha value is -0.350. The number of nitrogens with one attached hydrogen (secondary N) is 1. The number of hydrogen-bond donors (Lipinski definition) is 1. The number of rotatable bonds is 0. The predicted molar refractivity (Wildman–Crippen MR) is 68.7 cm³/mol. The summed E-state index contributed by atoms with van der Waals surface area (Å²) in [4.78, 5) is 0. The van der Waals surface area contributed by atoms with Gasteiger partial charge in [-0.25, -0.2) is 0 Å². The number of fused-ring (bicyclic) bond motifs is 1. The first-order chi connectivity index (χ1) is 7.18. The molecule has 2 unspecified atom stereocenters. The lowest BCUT2D eigenvalue weighted by molar-refractivity contribution is 0.672. The zero-order valence-electron chi connectivity index (χ0n) is 8.63. The third-order valence-corrected chi connectivity index (χ3v) is 4.91. The molecule has 0 amide bonds. The minimum atomic E-state index is -0.744. The van der Waals surface area contributed by atoms with Gasteiger partial charge in [0.2, 0.25) is 0 Å². The fraction of sp³-hybridized carbons (Fsp3) is 0.455. The molecule has 1 aromatic carbocycles. The van der Waals surface area contributed by atoms with Crippen molar-refractivity contribution in [1.29, 1.82) is 0 Å². The van der Waals surface area contributed by atoms with Crippen LogP contribution in [0.5, 0.6) is 0 Å². The van der Waals surface area contributed by atoms with Crippen LogP contribution < -0.4 is 5.32 Å². The van der Waals surface area contributed by atoms with Crippen molar-refractivity contribution >= 4 is 32.4 Å². The van der Waals surface area contributed by atoms with Gasteiger partial charge < -0.3 is 5.32 Å². The molecule has 2 rings (SSSR count). The quantitative estimate of drug-likeness (QED) is 0.795. The van der Waals surface area contributed by atoms with E-state index in [0.29, 0.717) is 0 Å². The van der Waals surface area contributed by atoms with Gasteiger partial charge in [-0.1, -0.05) is 15.9 Å². The van der Waals surface area contributed by atoms with Crippen LogP contribution in [0.4, 0.5) is 5.69 Å². The molecular formula is C11H14BrNOS. The van der Waals surface area contributed by atoms with E-state index in [1.165, 1.54) is 0 Å². The van der Waals surface area contributed by atoms with Crippen LogP contribution in [0.15, 0.2) is 22.7 Å². The molecule has 4 heteroatoms. The average Bonchev–Trinajstić information content (AvgIpc) is 2.23. The molecule has 0 radical (unpaired) electrons. The summed E-state index contributed by atoms with van der Waals surface area (Å²) >= 11 is 3.46. The van der Waals surface area contributed by atoms with E-state index in [-0.39, 0.29) is 5.25 Å². The van der Waals surface area contributed by atoms with Gasteiger partial charge in [0.25, 0.3) is 0 Å². The summed E-state index contributed by atoms with van der Waals surface area (Å²) in [6.07, 6.45) is 0.979. The predicted octanol–water partition coefficient (Wildman–Crippen LogP) is 3.07. The largest absolute Gasteiger partial charge is 0.385 e. The third kappa shape index (κ3) is 2.42. The van der Waals surface area contributed by atoms with Gasteiger partial charge in [0.05, 0.1) is 5.25 Å². The average molecular weight is 288 g/mol. The van der Waals surface area contributed by atoms with E-state index < -0.39 is 10.8 Å². The van der Waals surface area contributed by atoms with Crippen molar-refractivity contribution in [1.82, 2.24) is 0 Å². The molecule has 2 nitrogen and oxygen atoms in total. The first kappa shape index (κ1) is 11.1. The van der Waals surface area contributed by atoms with Crippen molar-refractivity contribution in [2.24, 2.45) is 0 Å². The number of benzene rings is 1. The van der Waals surface area contributed by atoms with Crippen LogP contribution in [0.3, 0.4) is 0 Å². The lowest BCUT2D eigenvalue weighted by atomic mass is 10.1. The number of hydrogen-bond acceptors (Lipinski definition) is 2. The summed E-state index contributed by atoms with van der Waals surface area (Å²) in [6, 6.07) is 6.14. The van der Waals surface area contributed by atoms with Crippen LogP contribution in [0, 0.1) is 0 Å². The summed E-state index contributed by atoms with van der Waals surface area (Å²) in [5.41, 5.74) is 2.28. The van der Waals surface area contributed by atoms with Crippen LogP contribution in [-0.4, -0.2) is 16.5 Å². The van der Waals surface area contributed by atoms with Crippen LogP contribution in [0.1, 0.15) is 24.2 Å².